The van der Waals surface area contributed by atoms with Gasteiger partial charge < -0.3 is 21.1 Å². The largest absolute Gasteiger partial charge is 0.465 e. The first-order valence-corrected chi connectivity index (χ1v) is 11.3. The van der Waals surface area contributed by atoms with E-state index in [0.717, 1.165) is 36.3 Å². The highest BCUT2D eigenvalue weighted by Gasteiger charge is 2.29. The van der Waals surface area contributed by atoms with E-state index in [0.29, 0.717) is 26.1 Å². The summed E-state index contributed by atoms with van der Waals surface area (Å²) in [6.07, 6.45) is 2.69. The Morgan fingerprint density at radius 1 is 1.17 bits per heavy atom. The van der Waals surface area contributed by atoms with Crippen LogP contribution in [0.15, 0.2) is 41.8 Å². The predicted molar refractivity (Wildman–Crippen MR) is 120 cm³/mol. The Balaban J connectivity index is 1.46. The lowest BCUT2D eigenvalue weighted by Gasteiger charge is -2.35. The number of hydrogen-bond acceptors (Lipinski definition) is 5. The van der Waals surface area contributed by atoms with Gasteiger partial charge in [-0.25, -0.2) is 14.5 Å². The van der Waals surface area contributed by atoms with Gasteiger partial charge in [0.2, 0.25) is 0 Å². The van der Waals surface area contributed by atoms with E-state index in [1.54, 1.807) is 16.2 Å². The first-order valence-electron chi connectivity index (χ1n) is 10.4. The Kier molecular flexibility index (Phi) is 8.10. The molecule has 1 aliphatic rings. The highest BCUT2D eigenvalue weighted by atomic mass is 32.1. The molecule has 0 aliphatic carbocycles. The van der Waals surface area contributed by atoms with Crippen molar-refractivity contribution in [1.82, 2.24) is 9.80 Å². The minimum atomic E-state index is -1.18. The quantitative estimate of drug-likeness (QED) is 0.591. The molecule has 1 aromatic carbocycles. The molecular weight excluding hydrogens is 400 g/mol. The van der Waals surface area contributed by atoms with Crippen LogP contribution in [-0.4, -0.2) is 59.3 Å². The summed E-state index contributed by atoms with van der Waals surface area (Å²) in [7, 11) is 0. The van der Waals surface area contributed by atoms with E-state index in [-0.39, 0.29) is 12.6 Å². The van der Waals surface area contributed by atoms with Crippen molar-refractivity contribution >= 4 is 29.1 Å². The van der Waals surface area contributed by atoms with Gasteiger partial charge in [0.05, 0.1) is 0 Å². The third kappa shape index (κ3) is 6.21. The topological polar surface area (TPSA) is 98.9 Å². The molecule has 0 radical (unpaired) electrons. The zero-order valence-electron chi connectivity index (χ0n) is 17.1. The van der Waals surface area contributed by atoms with E-state index in [4.69, 9.17) is 5.73 Å². The summed E-state index contributed by atoms with van der Waals surface area (Å²) in [5.74, 6) is 0. The molecule has 0 saturated carbocycles. The van der Waals surface area contributed by atoms with Crippen LogP contribution < -0.4 is 11.1 Å². The van der Waals surface area contributed by atoms with Crippen molar-refractivity contribution in [3.8, 4) is 0 Å². The van der Waals surface area contributed by atoms with Crippen molar-refractivity contribution in [3.05, 3.63) is 52.2 Å². The number of anilines is 1. The fraction of sp³-hybridized carbons (Fsp3) is 0.455. The highest BCUT2D eigenvalue weighted by molar-refractivity contribution is 7.09. The molecule has 2 aromatic rings. The molecule has 7 nitrogen and oxygen atoms in total. The molecule has 1 aliphatic heterocycles. The van der Waals surface area contributed by atoms with Gasteiger partial charge >= 0.3 is 12.1 Å². The predicted octanol–water partition coefficient (Wildman–Crippen LogP) is 3.86. The number of imide groups is 1. The second-order valence-electron chi connectivity index (χ2n) is 7.54. The average molecular weight is 431 g/mol. The van der Waals surface area contributed by atoms with Crippen LogP contribution in [0.1, 0.15) is 29.7 Å². The molecule has 1 saturated heterocycles. The summed E-state index contributed by atoms with van der Waals surface area (Å²) in [5, 5.41) is 15.0. The van der Waals surface area contributed by atoms with Crippen molar-refractivity contribution in [3.63, 3.8) is 0 Å². The molecule has 4 N–H and O–H groups in total. The number of nitrogens with two attached hydrogens (primary N) is 1. The summed E-state index contributed by atoms with van der Waals surface area (Å²) in [6.45, 7) is 1.97. The van der Waals surface area contributed by atoms with E-state index in [1.165, 1.54) is 10.4 Å². The molecule has 3 amide bonds. The number of urea groups is 1. The van der Waals surface area contributed by atoms with Gasteiger partial charge in [-0.1, -0.05) is 18.2 Å². The van der Waals surface area contributed by atoms with Crippen LogP contribution in [0.25, 0.3) is 0 Å². The Hall–Kier alpha value is -2.58. The van der Waals surface area contributed by atoms with Crippen molar-refractivity contribution in [2.75, 3.05) is 31.5 Å². The van der Waals surface area contributed by atoms with Crippen LogP contribution in [0.3, 0.4) is 0 Å². The van der Waals surface area contributed by atoms with Gasteiger partial charge in [0, 0.05) is 36.2 Å². The maximum atomic E-state index is 12.7. The van der Waals surface area contributed by atoms with Crippen LogP contribution >= 0.6 is 11.3 Å². The number of hydrogen-bond donors (Lipinski definition) is 3. The molecule has 30 heavy (non-hydrogen) atoms. The summed E-state index contributed by atoms with van der Waals surface area (Å²) >= 11 is 1.65. The molecule has 0 spiro atoms. The SMILES string of the molecule is NCCc1ccc(NC2CCN(C(=O)N(CCCc3cccs3)C(=O)O)CC2)cc1. The van der Waals surface area contributed by atoms with Crippen molar-refractivity contribution < 1.29 is 14.7 Å². The normalized spacial score (nSPS) is 14.5. The van der Waals surface area contributed by atoms with E-state index in [9.17, 15) is 14.7 Å². The van der Waals surface area contributed by atoms with E-state index in [2.05, 4.69) is 29.6 Å². The fourth-order valence-electron chi connectivity index (χ4n) is 3.70. The van der Waals surface area contributed by atoms with E-state index >= 15 is 0 Å². The Morgan fingerprint density at radius 3 is 2.50 bits per heavy atom. The lowest BCUT2D eigenvalue weighted by molar-refractivity contribution is 0.121. The number of carbonyl (C=O) groups is 2. The van der Waals surface area contributed by atoms with Crippen LogP contribution in [0.4, 0.5) is 15.3 Å². The molecule has 3 rings (SSSR count). The molecule has 1 aromatic heterocycles. The number of rotatable bonds is 8. The van der Waals surface area contributed by atoms with Crippen molar-refractivity contribution in [1.29, 1.82) is 0 Å². The number of carboxylic acid groups (broad SMARTS) is 1. The molecular formula is C22H30N4O3S. The zero-order valence-corrected chi connectivity index (χ0v) is 17.9. The lowest BCUT2D eigenvalue weighted by atomic mass is 10.0. The van der Waals surface area contributed by atoms with Gasteiger partial charge in [-0.3, -0.25) is 0 Å². The number of nitrogens with one attached hydrogen (secondary N) is 1. The Bertz CT molecular complexity index is 802. The van der Waals surface area contributed by atoms with Gasteiger partial charge in [0.1, 0.15) is 0 Å². The van der Waals surface area contributed by atoms with Crippen molar-refractivity contribution in [2.45, 2.75) is 38.1 Å². The molecule has 0 atom stereocenters. The Morgan fingerprint density at radius 2 is 1.90 bits per heavy atom. The Labute approximate surface area is 181 Å². The molecule has 8 heteroatoms. The number of benzene rings is 1. The summed E-state index contributed by atoms with van der Waals surface area (Å²) in [5.41, 5.74) is 7.86. The number of piperidine rings is 1. The zero-order chi connectivity index (χ0) is 21.3. The maximum absolute atomic E-state index is 12.7. The standard InChI is InChI=1S/C22H30N4O3S/c23-12-9-17-5-7-18(8-6-17)24-19-10-14-25(15-11-19)21(27)26(22(28)29)13-1-3-20-4-2-16-30-20/h2,4-8,16,19,24H,1,3,9-15,23H2,(H,28,29). The summed E-state index contributed by atoms with van der Waals surface area (Å²) < 4.78 is 0. The third-order valence-corrected chi connectivity index (χ3v) is 6.31. The fourth-order valence-corrected chi connectivity index (χ4v) is 4.45. The van der Waals surface area contributed by atoms with Crippen LogP contribution in [-0.2, 0) is 12.8 Å². The molecule has 0 unspecified atom stereocenters. The second kappa shape index (κ2) is 11.0. The number of carbonyl (C=O) groups excluding carboxylic acids is 1. The second-order valence-corrected chi connectivity index (χ2v) is 8.57. The number of nitrogens with zero attached hydrogens (tertiary/aromatic N) is 2. The van der Waals surface area contributed by atoms with Crippen LogP contribution in [0.5, 0.6) is 0 Å². The maximum Gasteiger partial charge on any atom is 0.415 e. The highest BCUT2D eigenvalue weighted by Crippen LogP contribution is 2.19. The van der Waals surface area contributed by atoms with Crippen LogP contribution in [0.2, 0.25) is 0 Å². The van der Waals surface area contributed by atoms with Gasteiger partial charge in [0.25, 0.3) is 0 Å². The number of aryl methyl sites for hydroxylation is 1. The summed E-state index contributed by atoms with van der Waals surface area (Å²) in [6, 6.07) is 12.1. The first kappa shape index (κ1) is 22.1. The minimum Gasteiger partial charge on any atom is -0.465 e. The lowest BCUT2D eigenvalue weighted by Crippen LogP contribution is -2.50. The number of thiophene rings is 1. The summed E-state index contributed by atoms with van der Waals surface area (Å²) in [4.78, 5) is 28.2. The third-order valence-electron chi connectivity index (χ3n) is 5.37. The molecule has 2 heterocycles. The number of amides is 3. The molecule has 162 valence electrons. The van der Waals surface area contributed by atoms with Crippen LogP contribution in [0, 0.1) is 0 Å². The van der Waals surface area contributed by atoms with Gasteiger partial charge in [-0.2, -0.15) is 0 Å². The smallest absolute Gasteiger partial charge is 0.415 e. The minimum absolute atomic E-state index is 0.222. The molecule has 0 bridgehead atoms. The van der Waals surface area contributed by atoms with E-state index < -0.39 is 12.1 Å². The van der Waals surface area contributed by atoms with E-state index in [1.807, 2.05) is 17.5 Å². The van der Waals surface area contributed by atoms with Gasteiger partial charge in [-0.15, -0.1) is 11.3 Å². The monoisotopic (exact) mass is 430 g/mol. The van der Waals surface area contributed by atoms with Crippen molar-refractivity contribution in [2.24, 2.45) is 5.73 Å². The van der Waals surface area contributed by atoms with Gasteiger partial charge in [-0.05, 0) is 67.8 Å². The van der Waals surface area contributed by atoms with Gasteiger partial charge in [0.15, 0.2) is 0 Å². The average Bonchev–Trinajstić information content (AvgIpc) is 3.26. The first-order chi connectivity index (χ1) is 14.6. The number of likely N-dealkylation sites (tertiary alicyclic amines) is 1. The molecule has 1 fully saturated rings.